The van der Waals surface area contributed by atoms with Crippen molar-refractivity contribution in [1.29, 1.82) is 0 Å². The van der Waals surface area contributed by atoms with E-state index in [0.717, 1.165) is 40.1 Å². The van der Waals surface area contributed by atoms with Gasteiger partial charge in [0.25, 0.3) is 5.91 Å². The Hall–Kier alpha value is -3.18. The van der Waals surface area contributed by atoms with Gasteiger partial charge in [0.1, 0.15) is 5.82 Å². The first kappa shape index (κ1) is 18.8. The zero-order valence-electron chi connectivity index (χ0n) is 16.5. The van der Waals surface area contributed by atoms with E-state index in [0.29, 0.717) is 5.56 Å². The number of rotatable bonds is 3. The van der Waals surface area contributed by atoms with Gasteiger partial charge in [-0.3, -0.25) is 4.79 Å². The van der Waals surface area contributed by atoms with Crippen molar-refractivity contribution in [2.45, 2.75) is 13.3 Å². The van der Waals surface area contributed by atoms with Crippen molar-refractivity contribution in [2.24, 2.45) is 0 Å². The highest BCUT2D eigenvalue weighted by molar-refractivity contribution is 9.10. The predicted octanol–water partition coefficient (Wildman–Crippen LogP) is 6.25. The van der Waals surface area contributed by atoms with Crippen molar-refractivity contribution in [3.63, 3.8) is 0 Å². The molecule has 0 bridgehead atoms. The molecule has 3 aromatic carbocycles. The van der Waals surface area contributed by atoms with Gasteiger partial charge in [-0.25, -0.2) is 4.98 Å². The molecule has 1 N–H and O–H groups in total. The fourth-order valence-corrected chi connectivity index (χ4v) is 4.11. The Morgan fingerprint density at radius 1 is 1.00 bits per heavy atom. The molecule has 5 heteroatoms. The number of hydrogen-bond donors (Lipinski definition) is 1. The smallest absolute Gasteiger partial charge is 0.255 e. The maximum atomic E-state index is 12.6. The van der Waals surface area contributed by atoms with Crippen molar-refractivity contribution in [1.82, 2.24) is 4.98 Å². The molecule has 0 unspecified atom stereocenters. The number of benzene rings is 3. The summed E-state index contributed by atoms with van der Waals surface area (Å²) in [7, 11) is 0. The lowest BCUT2D eigenvalue weighted by Crippen LogP contribution is -2.15. The van der Waals surface area contributed by atoms with Crippen LogP contribution in [0.1, 0.15) is 21.5 Å². The Morgan fingerprint density at radius 3 is 2.53 bits per heavy atom. The molecule has 1 aromatic heterocycles. The molecule has 0 spiro atoms. The van der Waals surface area contributed by atoms with E-state index in [1.54, 1.807) is 0 Å². The molecule has 30 heavy (non-hydrogen) atoms. The minimum Gasteiger partial charge on any atom is -0.326 e. The molecule has 148 valence electrons. The molecule has 0 fully saturated rings. The Kier molecular flexibility index (Phi) is 4.75. The third kappa shape index (κ3) is 3.57. The SMILES string of the molecule is Cc1ccc2cc3c(nc2c1)N(c1ccc(C(=O)Nc2ccc(Br)cc2)cc1)CC3. The summed E-state index contributed by atoms with van der Waals surface area (Å²) in [6, 6.07) is 23.9. The third-order valence-corrected chi connectivity index (χ3v) is 5.96. The second kappa shape index (κ2) is 7.58. The van der Waals surface area contributed by atoms with E-state index in [1.165, 1.54) is 16.5 Å². The van der Waals surface area contributed by atoms with Gasteiger partial charge in [-0.15, -0.1) is 0 Å². The summed E-state index contributed by atoms with van der Waals surface area (Å²) in [5.74, 6) is 0.894. The van der Waals surface area contributed by atoms with Crippen molar-refractivity contribution in [3.8, 4) is 0 Å². The van der Waals surface area contributed by atoms with E-state index in [2.05, 4.69) is 57.3 Å². The number of halogens is 1. The summed E-state index contributed by atoms with van der Waals surface area (Å²) in [5, 5.41) is 4.11. The number of nitrogens with zero attached hydrogens (tertiary/aromatic N) is 2. The molecular weight excluding hydrogens is 438 g/mol. The Labute approximate surface area is 183 Å². The number of anilines is 3. The van der Waals surface area contributed by atoms with Crippen LogP contribution in [0.5, 0.6) is 0 Å². The maximum absolute atomic E-state index is 12.6. The zero-order valence-corrected chi connectivity index (χ0v) is 18.1. The van der Waals surface area contributed by atoms with Crippen LogP contribution in [0.3, 0.4) is 0 Å². The number of aryl methyl sites for hydroxylation is 1. The molecule has 0 radical (unpaired) electrons. The molecule has 0 aliphatic carbocycles. The van der Waals surface area contributed by atoms with Crippen molar-refractivity contribution in [2.75, 3.05) is 16.8 Å². The average molecular weight is 458 g/mol. The van der Waals surface area contributed by atoms with Gasteiger partial charge in [-0.2, -0.15) is 0 Å². The normalized spacial score (nSPS) is 12.8. The van der Waals surface area contributed by atoms with Crippen molar-refractivity contribution >= 4 is 49.9 Å². The third-order valence-electron chi connectivity index (χ3n) is 5.43. The van der Waals surface area contributed by atoms with Crippen LogP contribution in [0.2, 0.25) is 0 Å². The summed E-state index contributed by atoms with van der Waals surface area (Å²) >= 11 is 3.40. The summed E-state index contributed by atoms with van der Waals surface area (Å²) in [5.41, 5.74) is 5.94. The van der Waals surface area contributed by atoms with Gasteiger partial charge < -0.3 is 10.2 Å². The lowest BCUT2D eigenvalue weighted by molar-refractivity contribution is 0.102. The van der Waals surface area contributed by atoms with Crippen LogP contribution < -0.4 is 10.2 Å². The number of carbonyl (C=O) groups is 1. The molecule has 4 nitrogen and oxygen atoms in total. The van der Waals surface area contributed by atoms with Crippen LogP contribution >= 0.6 is 15.9 Å². The molecule has 5 rings (SSSR count). The standard InChI is InChI=1S/C25H20BrN3O/c1-16-2-3-18-15-19-12-13-29(24(19)28-23(18)14-16)22-10-4-17(5-11-22)25(30)27-21-8-6-20(26)7-9-21/h2-11,14-15H,12-13H2,1H3,(H,27,30). The Bertz CT molecular complexity index is 1250. The van der Waals surface area contributed by atoms with Crippen LogP contribution in [-0.4, -0.2) is 17.4 Å². The second-order valence-corrected chi connectivity index (χ2v) is 8.49. The molecule has 0 saturated carbocycles. The average Bonchev–Trinajstić information content (AvgIpc) is 3.16. The van der Waals surface area contributed by atoms with Crippen LogP contribution in [0.25, 0.3) is 10.9 Å². The number of aromatic nitrogens is 1. The molecule has 1 aliphatic heterocycles. The zero-order chi connectivity index (χ0) is 20.7. The second-order valence-electron chi connectivity index (χ2n) is 7.58. The molecule has 4 aromatic rings. The van der Waals surface area contributed by atoms with E-state index < -0.39 is 0 Å². The quantitative estimate of drug-likeness (QED) is 0.395. The largest absolute Gasteiger partial charge is 0.326 e. The number of pyridine rings is 1. The highest BCUT2D eigenvalue weighted by Crippen LogP contribution is 2.35. The minimum atomic E-state index is -0.120. The van der Waals surface area contributed by atoms with E-state index in [4.69, 9.17) is 4.98 Å². The highest BCUT2D eigenvalue weighted by atomic mass is 79.9. The topological polar surface area (TPSA) is 45.2 Å². The van der Waals surface area contributed by atoms with Crippen LogP contribution in [0, 0.1) is 6.92 Å². The summed E-state index contributed by atoms with van der Waals surface area (Å²) < 4.78 is 0.979. The van der Waals surface area contributed by atoms with Gasteiger partial charge in [0.2, 0.25) is 0 Å². The van der Waals surface area contributed by atoms with Crippen molar-refractivity contribution < 1.29 is 4.79 Å². The predicted molar refractivity (Wildman–Crippen MR) is 126 cm³/mol. The van der Waals surface area contributed by atoms with E-state index >= 15 is 0 Å². The van der Waals surface area contributed by atoms with E-state index in [1.807, 2.05) is 48.5 Å². The number of fused-ring (bicyclic) bond motifs is 2. The van der Waals surface area contributed by atoms with Crippen LogP contribution in [-0.2, 0) is 6.42 Å². The van der Waals surface area contributed by atoms with Gasteiger partial charge in [-0.05, 0) is 85.1 Å². The number of nitrogens with one attached hydrogen (secondary N) is 1. The number of carbonyl (C=O) groups excluding carboxylic acids is 1. The molecule has 1 aliphatic rings. The first-order chi connectivity index (χ1) is 14.6. The summed E-state index contributed by atoms with van der Waals surface area (Å²) in [6.45, 7) is 2.98. The van der Waals surface area contributed by atoms with Gasteiger partial charge in [-0.1, -0.05) is 28.1 Å². The first-order valence-electron chi connectivity index (χ1n) is 9.92. The minimum absolute atomic E-state index is 0.120. The molecule has 0 atom stereocenters. The van der Waals surface area contributed by atoms with Gasteiger partial charge in [0, 0.05) is 33.3 Å². The van der Waals surface area contributed by atoms with Crippen LogP contribution in [0.15, 0.2) is 77.3 Å². The lowest BCUT2D eigenvalue weighted by atomic mass is 10.1. The van der Waals surface area contributed by atoms with Gasteiger partial charge in [0.15, 0.2) is 0 Å². The maximum Gasteiger partial charge on any atom is 0.255 e. The number of amides is 1. The summed E-state index contributed by atoms with van der Waals surface area (Å²) in [6.07, 6.45) is 0.970. The fourth-order valence-electron chi connectivity index (χ4n) is 3.85. The Balaban J connectivity index is 1.39. The van der Waals surface area contributed by atoms with E-state index in [-0.39, 0.29) is 5.91 Å². The highest BCUT2D eigenvalue weighted by Gasteiger charge is 2.23. The fraction of sp³-hybridized carbons (Fsp3) is 0.120. The molecule has 1 amide bonds. The molecular formula is C25H20BrN3O. The summed E-state index contributed by atoms with van der Waals surface area (Å²) in [4.78, 5) is 19.7. The Morgan fingerprint density at radius 2 is 1.77 bits per heavy atom. The van der Waals surface area contributed by atoms with E-state index in [9.17, 15) is 4.79 Å². The van der Waals surface area contributed by atoms with Crippen LogP contribution in [0.4, 0.5) is 17.2 Å². The first-order valence-corrected chi connectivity index (χ1v) is 10.7. The monoisotopic (exact) mass is 457 g/mol. The lowest BCUT2D eigenvalue weighted by Gasteiger charge is -2.19. The molecule has 2 heterocycles. The number of hydrogen-bond acceptors (Lipinski definition) is 3. The van der Waals surface area contributed by atoms with Gasteiger partial charge >= 0.3 is 0 Å². The van der Waals surface area contributed by atoms with Crippen molar-refractivity contribution in [3.05, 3.63) is 94.0 Å². The van der Waals surface area contributed by atoms with Gasteiger partial charge in [0.05, 0.1) is 5.52 Å². The molecule has 0 saturated heterocycles.